The van der Waals surface area contributed by atoms with E-state index >= 15 is 0 Å². The third-order valence-electron chi connectivity index (χ3n) is 2.59. The van der Waals surface area contributed by atoms with E-state index in [-0.39, 0.29) is 11.9 Å². The third-order valence-corrected chi connectivity index (χ3v) is 2.94. The Labute approximate surface area is 115 Å². The van der Waals surface area contributed by atoms with E-state index in [1.807, 2.05) is 12.1 Å². The molecule has 1 heterocycles. The first-order chi connectivity index (χ1) is 8.99. The number of guanidine groups is 1. The van der Waals surface area contributed by atoms with E-state index < -0.39 is 5.91 Å². The highest BCUT2D eigenvalue weighted by Crippen LogP contribution is 2.22. The van der Waals surface area contributed by atoms with Gasteiger partial charge in [0.15, 0.2) is 0 Å². The van der Waals surface area contributed by atoms with Crippen molar-refractivity contribution in [3.8, 4) is 0 Å². The van der Waals surface area contributed by atoms with Gasteiger partial charge in [-0.05, 0) is 17.7 Å². The van der Waals surface area contributed by atoms with E-state index in [0.717, 1.165) is 5.56 Å². The number of benzene rings is 1. The van der Waals surface area contributed by atoms with Crippen molar-refractivity contribution in [1.82, 2.24) is 10.2 Å². The molecule has 0 aromatic heterocycles. The van der Waals surface area contributed by atoms with Crippen LogP contribution in [0.15, 0.2) is 35.0 Å². The number of amides is 2. The topological polar surface area (TPSA) is 61.8 Å². The van der Waals surface area contributed by atoms with Crippen LogP contribution in [-0.4, -0.2) is 29.7 Å². The lowest BCUT2D eigenvalue weighted by atomic mass is 10.2. The number of nitrogens with one attached hydrogen (secondary N) is 1. The van der Waals surface area contributed by atoms with Gasteiger partial charge in [-0.1, -0.05) is 29.8 Å². The number of halogens is 1. The largest absolute Gasteiger partial charge is 0.310 e. The molecule has 6 heteroatoms. The van der Waals surface area contributed by atoms with Crippen molar-refractivity contribution >= 4 is 35.5 Å². The number of likely N-dealkylation sites (N-methyl/N-ethyl adjacent to an activating group) is 1. The fraction of sp³-hybridized carbons (Fsp3) is 0.154. The van der Waals surface area contributed by atoms with Crippen LogP contribution in [0.2, 0.25) is 5.02 Å². The first-order valence-corrected chi connectivity index (χ1v) is 5.97. The number of hydrogen-bond donors (Lipinski definition) is 1. The molecular weight excluding hydrogens is 266 g/mol. The van der Waals surface area contributed by atoms with E-state index in [9.17, 15) is 9.59 Å². The van der Waals surface area contributed by atoms with Crippen LogP contribution in [0.25, 0.3) is 6.08 Å². The molecular formula is C13H12ClN3O2. The fourth-order valence-electron chi connectivity index (χ4n) is 1.65. The summed E-state index contributed by atoms with van der Waals surface area (Å²) in [6.07, 6.45) is 1.64. The monoisotopic (exact) mass is 277 g/mol. The molecule has 1 aromatic rings. The Hall–Kier alpha value is -2.14. The zero-order chi connectivity index (χ0) is 14.0. The zero-order valence-corrected chi connectivity index (χ0v) is 11.2. The highest BCUT2D eigenvalue weighted by atomic mass is 35.5. The highest BCUT2D eigenvalue weighted by Gasteiger charge is 2.27. The molecule has 0 spiro atoms. The van der Waals surface area contributed by atoms with E-state index in [1.54, 1.807) is 25.3 Å². The lowest BCUT2D eigenvalue weighted by Crippen LogP contribution is -2.37. The maximum absolute atomic E-state index is 11.8. The second-order valence-corrected chi connectivity index (χ2v) is 4.44. The second-order valence-electron chi connectivity index (χ2n) is 4.03. The van der Waals surface area contributed by atoms with Crippen LogP contribution < -0.4 is 5.32 Å². The molecule has 0 saturated heterocycles. The van der Waals surface area contributed by atoms with Crippen LogP contribution >= 0.6 is 11.6 Å². The van der Waals surface area contributed by atoms with Gasteiger partial charge in [-0.3, -0.25) is 14.9 Å². The van der Waals surface area contributed by atoms with Crippen LogP contribution in [0.3, 0.4) is 0 Å². The summed E-state index contributed by atoms with van der Waals surface area (Å²) >= 11 is 6.04. The number of rotatable bonds is 1. The van der Waals surface area contributed by atoms with Crippen LogP contribution in [0.4, 0.5) is 0 Å². The Kier molecular flexibility index (Phi) is 3.66. The van der Waals surface area contributed by atoms with Gasteiger partial charge in [-0.25, -0.2) is 0 Å². The fourth-order valence-corrected chi connectivity index (χ4v) is 1.84. The molecule has 98 valence electrons. The van der Waals surface area contributed by atoms with Crippen molar-refractivity contribution in [3.05, 3.63) is 40.5 Å². The van der Waals surface area contributed by atoms with Crippen LogP contribution in [0.5, 0.6) is 0 Å². The SMILES string of the molecule is CC(=O)NC1=NC(=O)C(=Cc2ccccc2Cl)N1C. The predicted molar refractivity (Wildman–Crippen MR) is 73.5 cm³/mol. The van der Waals surface area contributed by atoms with Crippen molar-refractivity contribution in [2.24, 2.45) is 4.99 Å². The summed E-state index contributed by atoms with van der Waals surface area (Å²) in [6, 6.07) is 7.17. The summed E-state index contributed by atoms with van der Waals surface area (Å²) in [7, 11) is 1.66. The minimum Gasteiger partial charge on any atom is -0.310 e. The molecule has 5 nitrogen and oxygen atoms in total. The van der Waals surface area contributed by atoms with E-state index in [0.29, 0.717) is 10.7 Å². The quantitative estimate of drug-likeness (QED) is 0.794. The van der Waals surface area contributed by atoms with Crippen molar-refractivity contribution in [2.75, 3.05) is 7.05 Å². The van der Waals surface area contributed by atoms with Gasteiger partial charge >= 0.3 is 0 Å². The molecule has 1 aromatic carbocycles. The van der Waals surface area contributed by atoms with E-state index in [4.69, 9.17) is 11.6 Å². The summed E-state index contributed by atoms with van der Waals surface area (Å²) in [5, 5.41) is 3.04. The minimum absolute atomic E-state index is 0.218. The minimum atomic E-state index is -0.411. The molecule has 19 heavy (non-hydrogen) atoms. The first kappa shape index (κ1) is 13.3. The van der Waals surface area contributed by atoms with Crippen molar-refractivity contribution < 1.29 is 9.59 Å². The summed E-state index contributed by atoms with van der Waals surface area (Å²) in [4.78, 5) is 28.1. The van der Waals surface area contributed by atoms with Crippen LogP contribution in [-0.2, 0) is 9.59 Å². The summed E-state index contributed by atoms with van der Waals surface area (Å²) in [6.45, 7) is 1.36. The highest BCUT2D eigenvalue weighted by molar-refractivity contribution is 6.32. The standard InChI is InChI=1S/C13H12ClN3O2/c1-8(18)15-13-16-12(19)11(17(13)2)7-9-5-3-4-6-10(9)14/h3-7H,1-2H3,(H,15,16,18,19). The normalized spacial score (nSPS) is 16.8. The molecule has 1 N–H and O–H groups in total. The Bertz CT molecular complexity index is 608. The summed E-state index contributed by atoms with van der Waals surface area (Å²) in [5.41, 5.74) is 1.08. The Morgan fingerprint density at radius 2 is 2.11 bits per heavy atom. The van der Waals surface area contributed by atoms with Crippen molar-refractivity contribution in [3.63, 3.8) is 0 Å². The number of hydrogen-bond acceptors (Lipinski definition) is 3. The molecule has 0 unspecified atom stereocenters. The molecule has 0 aliphatic carbocycles. The van der Waals surface area contributed by atoms with Gasteiger partial charge < -0.3 is 4.90 Å². The van der Waals surface area contributed by atoms with Gasteiger partial charge in [0.2, 0.25) is 11.9 Å². The zero-order valence-electron chi connectivity index (χ0n) is 10.5. The smallest absolute Gasteiger partial charge is 0.296 e. The molecule has 0 atom stereocenters. The third kappa shape index (κ3) is 2.82. The average molecular weight is 278 g/mol. The maximum Gasteiger partial charge on any atom is 0.296 e. The first-order valence-electron chi connectivity index (χ1n) is 5.59. The average Bonchev–Trinajstić information content (AvgIpc) is 2.59. The Morgan fingerprint density at radius 3 is 2.74 bits per heavy atom. The van der Waals surface area contributed by atoms with E-state index in [1.165, 1.54) is 11.8 Å². The molecule has 2 rings (SSSR count). The Balaban J connectivity index is 2.31. The van der Waals surface area contributed by atoms with Crippen molar-refractivity contribution in [2.45, 2.75) is 6.92 Å². The molecule has 0 radical (unpaired) electrons. The molecule has 1 aliphatic rings. The van der Waals surface area contributed by atoms with Gasteiger partial charge in [0, 0.05) is 19.0 Å². The van der Waals surface area contributed by atoms with Gasteiger partial charge in [-0.2, -0.15) is 4.99 Å². The molecule has 1 aliphatic heterocycles. The van der Waals surface area contributed by atoms with Crippen LogP contribution in [0, 0.1) is 0 Å². The van der Waals surface area contributed by atoms with Crippen molar-refractivity contribution in [1.29, 1.82) is 0 Å². The van der Waals surface area contributed by atoms with E-state index in [2.05, 4.69) is 10.3 Å². The molecule has 0 saturated carbocycles. The van der Waals surface area contributed by atoms with Gasteiger partial charge in [0.25, 0.3) is 5.91 Å². The van der Waals surface area contributed by atoms with Gasteiger partial charge in [0.05, 0.1) is 0 Å². The number of carbonyl (C=O) groups excluding carboxylic acids is 2. The lowest BCUT2D eigenvalue weighted by Gasteiger charge is -2.14. The van der Waals surface area contributed by atoms with Crippen LogP contribution in [0.1, 0.15) is 12.5 Å². The number of aliphatic imine (C=N–C) groups is 1. The molecule has 0 fully saturated rings. The molecule has 2 amide bonds. The maximum atomic E-state index is 11.8. The predicted octanol–water partition coefficient (Wildman–Crippen LogP) is 1.65. The summed E-state index contributed by atoms with van der Waals surface area (Å²) < 4.78 is 0. The lowest BCUT2D eigenvalue weighted by molar-refractivity contribution is -0.117. The van der Waals surface area contributed by atoms with Gasteiger partial charge in [0.1, 0.15) is 5.70 Å². The van der Waals surface area contributed by atoms with Gasteiger partial charge in [-0.15, -0.1) is 0 Å². The molecule has 0 bridgehead atoms. The number of carbonyl (C=O) groups is 2. The second kappa shape index (κ2) is 5.24. The Morgan fingerprint density at radius 1 is 1.42 bits per heavy atom. The summed E-state index contributed by atoms with van der Waals surface area (Å²) in [5.74, 6) is -0.473. The number of nitrogens with zero attached hydrogens (tertiary/aromatic N) is 2.